The van der Waals surface area contributed by atoms with Crippen molar-refractivity contribution in [1.29, 1.82) is 0 Å². The largest absolute Gasteiger partial charge is 0.497 e. The summed E-state index contributed by atoms with van der Waals surface area (Å²) in [6, 6.07) is 7.58. The van der Waals surface area contributed by atoms with Crippen LogP contribution in [-0.2, 0) is 12.8 Å². The Hall–Kier alpha value is -2.63. The van der Waals surface area contributed by atoms with Gasteiger partial charge in [-0.3, -0.25) is 5.10 Å². The van der Waals surface area contributed by atoms with Crippen LogP contribution in [0.4, 0.5) is 0 Å². The molecule has 3 aromatic rings. The number of aryl methyl sites for hydroxylation is 1. The SMILES string of the molecule is COc1ccc(-c2noc(-c3n[nH]c4c3CC(C)CC4)n2)cc1. The van der Waals surface area contributed by atoms with E-state index in [4.69, 9.17) is 9.26 Å². The van der Waals surface area contributed by atoms with Crippen LogP contribution in [0, 0.1) is 5.92 Å². The smallest absolute Gasteiger partial charge is 0.279 e. The van der Waals surface area contributed by atoms with Gasteiger partial charge in [-0.2, -0.15) is 10.1 Å². The van der Waals surface area contributed by atoms with E-state index in [1.54, 1.807) is 7.11 Å². The van der Waals surface area contributed by atoms with Crippen LogP contribution in [0.2, 0.25) is 0 Å². The third kappa shape index (κ3) is 2.50. The van der Waals surface area contributed by atoms with Gasteiger partial charge in [-0.25, -0.2) is 0 Å². The molecule has 23 heavy (non-hydrogen) atoms. The summed E-state index contributed by atoms with van der Waals surface area (Å²) in [5.74, 6) is 2.49. The van der Waals surface area contributed by atoms with Gasteiger partial charge in [0.15, 0.2) is 5.69 Å². The maximum absolute atomic E-state index is 5.45. The van der Waals surface area contributed by atoms with E-state index in [-0.39, 0.29) is 0 Å². The third-order valence-corrected chi connectivity index (χ3v) is 4.37. The van der Waals surface area contributed by atoms with Crippen molar-refractivity contribution >= 4 is 0 Å². The second-order valence-electron chi connectivity index (χ2n) is 6.03. The molecule has 6 nitrogen and oxygen atoms in total. The molecular formula is C17H18N4O2. The fourth-order valence-corrected chi connectivity index (χ4v) is 3.02. The van der Waals surface area contributed by atoms with E-state index in [0.717, 1.165) is 29.8 Å². The summed E-state index contributed by atoms with van der Waals surface area (Å²) in [6.07, 6.45) is 3.22. The van der Waals surface area contributed by atoms with E-state index in [2.05, 4.69) is 27.3 Å². The molecule has 0 radical (unpaired) electrons. The van der Waals surface area contributed by atoms with Gasteiger partial charge >= 0.3 is 0 Å². The van der Waals surface area contributed by atoms with Gasteiger partial charge in [-0.15, -0.1) is 0 Å². The molecule has 1 atom stereocenters. The fraction of sp³-hybridized carbons (Fsp3) is 0.353. The first-order chi connectivity index (χ1) is 11.2. The van der Waals surface area contributed by atoms with Gasteiger partial charge < -0.3 is 9.26 Å². The predicted molar refractivity (Wildman–Crippen MR) is 85.1 cm³/mol. The molecule has 2 aromatic heterocycles. The van der Waals surface area contributed by atoms with Crippen LogP contribution in [0.1, 0.15) is 24.6 Å². The first kappa shape index (κ1) is 14.0. The zero-order chi connectivity index (χ0) is 15.8. The van der Waals surface area contributed by atoms with Crippen LogP contribution >= 0.6 is 0 Å². The first-order valence-electron chi connectivity index (χ1n) is 7.79. The van der Waals surface area contributed by atoms with Crippen molar-refractivity contribution in [3.63, 3.8) is 0 Å². The number of nitrogens with one attached hydrogen (secondary N) is 1. The van der Waals surface area contributed by atoms with Crippen LogP contribution in [0.15, 0.2) is 28.8 Å². The molecule has 0 saturated carbocycles. The van der Waals surface area contributed by atoms with Crippen molar-refractivity contribution in [2.75, 3.05) is 7.11 Å². The van der Waals surface area contributed by atoms with Crippen molar-refractivity contribution in [3.05, 3.63) is 35.5 Å². The lowest BCUT2D eigenvalue weighted by molar-refractivity contribution is 0.414. The highest BCUT2D eigenvalue weighted by molar-refractivity contribution is 5.61. The third-order valence-electron chi connectivity index (χ3n) is 4.37. The Morgan fingerprint density at radius 1 is 1.26 bits per heavy atom. The van der Waals surface area contributed by atoms with Gasteiger partial charge in [0.1, 0.15) is 5.75 Å². The second kappa shape index (κ2) is 5.53. The van der Waals surface area contributed by atoms with E-state index < -0.39 is 0 Å². The number of aromatic amines is 1. The van der Waals surface area contributed by atoms with Crippen molar-refractivity contribution in [2.24, 2.45) is 5.92 Å². The minimum Gasteiger partial charge on any atom is -0.497 e. The number of aromatic nitrogens is 4. The van der Waals surface area contributed by atoms with E-state index in [9.17, 15) is 0 Å². The number of fused-ring (bicyclic) bond motifs is 1. The van der Waals surface area contributed by atoms with Gasteiger partial charge in [0.05, 0.1) is 7.11 Å². The molecule has 0 fully saturated rings. The monoisotopic (exact) mass is 310 g/mol. The Balaban J connectivity index is 1.67. The van der Waals surface area contributed by atoms with Gasteiger partial charge in [0, 0.05) is 16.8 Å². The van der Waals surface area contributed by atoms with Crippen LogP contribution in [-0.4, -0.2) is 27.4 Å². The molecule has 1 unspecified atom stereocenters. The summed E-state index contributed by atoms with van der Waals surface area (Å²) in [4.78, 5) is 4.51. The summed E-state index contributed by atoms with van der Waals surface area (Å²) >= 11 is 0. The number of benzene rings is 1. The number of H-pyrrole nitrogens is 1. The molecule has 2 heterocycles. The number of hydrogen-bond acceptors (Lipinski definition) is 5. The van der Waals surface area contributed by atoms with Crippen LogP contribution in [0.25, 0.3) is 23.0 Å². The molecule has 0 spiro atoms. The molecule has 1 N–H and O–H groups in total. The van der Waals surface area contributed by atoms with Crippen molar-refractivity contribution < 1.29 is 9.26 Å². The lowest BCUT2D eigenvalue weighted by atomic mass is 9.88. The maximum Gasteiger partial charge on any atom is 0.279 e. The molecule has 1 aliphatic carbocycles. The fourth-order valence-electron chi connectivity index (χ4n) is 3.02. The van der Waals surface area contributed by atoms with Crippen molar-refractivity contribution in [3.8, 4) is 28.7 Å². The quantitative estimate of drug-likeness (QED) is 0.803. The van der Waals surface area contributed by atoms with Gasteiger partial charge in [0.2, 0.25) is 5.82 Å². The topological polar surface area (TPSA) is 76.8 Å². The van der Waals surface area contributed by atoms with E-state index in [1.165, 1.54) is 17.7 Å². The van der Waals surface area contributed by atoms with Gasteiger partial charge in [-0.05, 0) is 49.4 Å². The van der Waals surface area contributed by atoms with Crippen LogP contribution in [0.5, 0.6) is 5.75 Å². The Labute approximate surface area is 133 Å². The van der Waals surface area contributed by atoms with Gasteiger partial charge in [-0.1, -0.05) is 12.1 Å². The number of methoxy groups -OCH3 is 1. The van der Waals surface area contributed by atoms with E-state index in [1.807, 2.05) is 24.3 Å². The van der Waals surface area contributed by atoms with Crippen LogP contribution < -0.4 is 4.74 Å². The summed E-state index contributed by atoms with van der Waals surface area (Å²) in [5, 5.41) is 11.6. The molecule has 1 aliphatic rings. The summed E-state index contributed by atoms with van der Waals surface area (Å²) < 4.78 is 10.6. The lowest BCUT2D eigenvalue weighted by Gasteiger charge is -2.17. The summed E-state index contributed by atoms with van der Waals surface area (Å²) in [5.41, 5.74) is 4.09. The van der Waals surface area contributed by atoms with Crippen molar-refractivity contribution in [1.82, 2.24) is 20.3 Å². The molecular weight excluding hydrogens is 292 g/mol. The Morgan fingerprint density at radius 2 is 2.09 bits per heavy atom. The minimum absolute atomic E-state index is 0.474. The molecule has 0 bridgehead atoms. The number of ether oxygens (including phenoxy) is 1. The predicted octanol–water partition coefficient (Wildman–Crippen LogP) is 3.26. The maximum atomic E-state index is 5.45. The zero-order valence-electron chi connectivity index (χ0n) is 13.2. The highest BCUT2D eigenvalue weighted by Gasteiger charge is 2.25. The molecule has 0 amide bonds. The Bertz CT molecular complexity index is 819. The zero-order valence-corrected chi connectivity index (χ0v) is 13.2. The number of rotatable bonds is 3. The normalized spacial score (nSPS) is 17.0. The number of nitrogens with zero attached hydrogens (tertiary/aromatic N) is 3. The van der Waals surface area contributed by atoms with Gasteiger partial charge in [0.25, 0.3) is 5.89 Å². The van der Waals surface area contributed by atoms with Crippen molar-refractivity contribution in [2.45, 2.75) is 26.2 Å². The van der Waals surface area contributed by atoms with Crippen LogP contribution in [0.3, 0.4) is 0 Å². The molecule has 6 heteroatoms. The molecule has 0 saturated heterocycles. The number of hydrogen-bond donors (Lipinski definition) is 1. The molecule has 1 aromatic carbocycles. The Kier molecular flexibility index (Phi) is 3.37. The standard InChI is InChI=1S/C17H18N4O2/c1-10-3-8-14-13(9-10)15(20-19-14)17-18-16(21-23-17)11-4-6-12(22-2)7-5-11/h4-7,10H,3,8-9H2,1-2H3,(H,19,20). The Morgan fingerprint density at radius 3 is 2.87 bits per heavy atom. The average Bonchev–Trinajstić information content (AvgIpc) is 3.21. The molecule has 118 valence electrons. The summed E-state index contributed by atoms with van der Waals surface area (Å²) in [7, 11) is 1.64. The molecule has 4 rings (SSSR count). The summed E-state index contributed by atoms with van der Waals surface area (Å²) in [6.45, 7) is 2.26. The molecule has 0 aliphatic heterocycles. The highest BCUT2D eigenvalue weighted by atomic mass is 16.5. The van der Waals surface area contributed by atoms with E-state index >= 15 is 0 Å². The second-order valence-corrected chi connectivity index (χ2v) is 6.03. The van der Waals surface area contributed by atoms with E-state index in [0.29, 0.717) is 17.6 Å². The average molecular weight is 310 g/mol. The highest BCUT2D eigenvalue weighted by Crippen LogP contribution is 2.32. The minimum atomic E-state index is 0.474. The lowest BCUT2D eigenvalue weighted by Crippen LogP contribution is -2.10. The first-order valence-corrected chi connectivity index (χ1v) is 7.79.